The summed E-state index contributed by atoms with van der Waals surface area (Å²) in [7, 11) is 0. The van der Waals surface area contributed by atoms with Crippen molar-refractivity contribution in [2.45, 2.75) is 20.5 Å². The zero-order valence-corrected chi connectivity index (χ0v) is 11.9. The Morgan fingerprint density at radius 1 is 1.32 bits per heavy atom. The van der Waals surface area contributed by atoms with Crippen molar-refractivity contribution in [1.29, 1.82) is 0 Å². The van der Waals surface area contributed by atoms with Crippen molar-refractivity contribution in [2.24, 2.45) is 0 Å². The lowest BCUT2D eigenvalue weighted by molar-refractivity contribution is 0.281. The minimum Gasteiger partial charge on any atom is -0.392 e. The maximum absolute atomic E-state index is 9.10. The zero-order chi connectivity index (χ0) is 13.8. The molecule has 0 fully saturated rings. The molecule has 0 spiro atoms. The largest absolute Gasteiger partial charge is 0.392 e. The molecule has 0 aliphatic carbocycles. The van der Waals surface area contributed by atoms with Crippen LogP contribution in [-0.4, -0.2) is 16.6 Å². The van der Waals surface area contributed by atoms with Gasteiger partial charge in [0.2, 0.25) is 0 Å². The van der Waals surface area contributed by atoms with Crippen LogP contribution in [0.5, 0.6) is 0 Å². The van der Waals surface area contributed by atoms with Gasteiger partial charge in [-0.1, -0.05) is 29.8 Å². The quantitative estimate of drug-likeness (QED) is 0.925. The molecule has 0 bridgehead atoms. The van der Waals surface area contributed by atoms with E-state index in [-0.39, 0.29) is 6.61 Å². The Labute approximate surface area is 118 Å². The molecular weight excluding hydrogens is 260 g/mol. The number of aliphatic hydroxyl groups excluding tert-OH is 1. The second-order valence-electron chi connectivity index (χ2n) is 4.34. The third kappa shape index (κ3) is 2.88. The van der Waals surface area contributed by atoms with Crippen LogP contribution in [0.15, 0.2) is 36.5 Å². The van der Waals surface area contributed by atoms with Gasteiger partial charge in [0.05, 0.1) is 11.6 Å². The van der Waals surface area contributed by atoms with Crippen LogP contribution in [0.3, 0.4) is 0 Å². The third-order valence-corrected chi connectivity index (χ3v) is 3.32. The number of benzene rings is 1. The molecular formula is C15H17ClN2O. The van der Waals surface area contributed by atoms with Crippen molar-refractivity contribution in [3.05, 3.63) is 52.7 Å². The Hall–Kier alpha value is -1.58. The van der Waals surface area contributed by atoms with E-state index in [9.17, 15) is 0 Å². The van der Waals surface area contributed by atoms with Crippen LogP contribution in [-0.2, 0) is 6.61 Å². The molecule has 1 heterocycles. The zero-order valence-electron chi connectivity index (χ0n) is 11.1. The first kappa shape index (κ1) is 13.8. The number of hydrogen-bond donors (Lipinski definition) is 1. The maximum Gasteiger partial charge on any atom is 0.151 e. The summed E-state index contributed by atoms with van der Waals surface area (Å²) >= 11 is 6.27. The predicted octanol–water partition coefficient (Wildman–Crippen LogP) is 3.69. The number of para-hydroxylation sites is 1. The van der Waals surface area contributed by atoms with Crippen LogP contribution in [0.1, 0.15) is 18.1 Å². The predicted molar refractivity (Wildman–Crippen MR) is 79.0 cm³/mol. The van der Waals surface area contributed by atoms with Crippen molar-refractivity contribution < 1.29 is 5.11 Å². The first-order valence-corrected chi connectivity index (χ1v) is 6.63. The number of aromatic nitrogens is 1. The molecule has 0 amide bonds. The second kappa shape index (κ2) is 6.04. The molecule has 0 saturated heterocycles. The Balaban J connectivity index is 2.46. The van der Waals surface area contributed by atoms with E-state index in [1.54, 1.807) is 12.3 Å². The number of pyridine rings is 1. The molecule has 19 heavy (non-hydrogen) atoms. The second-order valence-corrected chi connectivity index (χ2v) is 4.75. The number of halogens is 1. The van der Waals surface area contributed by atoms with Gasteiger partial charge in [-0.25, -0.2) is 4.98 Å². The van der Waals surface area contributed by atoms with Crippen LogP contribution in [0.2, 0.25) is 5.02 Å². The highest BCUT2D eigenvalue weighted by atomic mass is 35.5. The van der Waals surface area contributed by atoms with E-state index in [2.05, 4.69) is 35.9 Å². The number of anilines is 2. The van der Waals surface area contributed by atoms with Gasteiger partial charge in [-0.05, 0) is 37.1 Å². The molecule has 0 unspecified atom stereocenters. The molecule has 2 aromatic rings. The van der Waals surface area contributed by atoms with Gasteiger partial charge >= 0.3 is 0 Å². The molecule has 1 N–H and O–H groups in total. The van der Waals surface area contributed by atoms with Gasteiger partial charge in [0.15, 0.2) is 5.82 Å². The van der Waals surface area contributed by atoms with Crippen molar-refractivity contribution in [3.63, 3.8) is 0 Å². The lowest BCUT2D eigenvalue weighted by Crippen LogP contribution is -2.19. The highest BCUT2D eigenvalue weighted by Crippen LogP contribution is 2.31. The number of aliphatic hydroxyl groups is 1. The highest BCUT2D eigenvalue weighted by molar-refractivity contribution is 6.33. The molecule has 1 aromatic carbocycles. The highest BCUT2D eigenvalue weighted by Gasteiger charge is 2.14. The van der Waals surface area contributed by atoms with Crippen LogP contribution >= 0.6 is 11.6 Å². The summed E-state index contributed by atoms with van der Waals surface area (Å²) in [6.07, 6.45) is 1.65. The molecule has 4 heteroatoms. The molecule has 0 aliphatic rings. The van der Waals surface area contributed by atoms with Crippen LogP contribution < -0.4 is 4.90 Å². The van der Waals surface area contributed by atoms with E-state index in [1.807, 2.05) is 12.1 Å². The molecule has 0 radical (unpaired) electrons. The molecule has 3 nitrogen and oxygen atoms in total. The summed E-state index contributed by atoms with van der Waals surface area (Å²) in [5, 5.41) is 9.65. The molecule has 2 rings (SSSR count). The minimum atomic E-state index is -0.0521. The van der Waals surface area contributed by atoms with Gasteiger partial charge in [0.25, 0.3) is 0 Å². The van der Waals surface area contributed by atoms with E-state index in [4.69, 9.17) is 16.7 Å². The minimum absolute atomic E-state index is 0.0521. The number of rotatable bonds is 4. The van der Waals surface area contributed by atoms with E-state index in [1.165, 1.54) is 5.56 Å². The average Bonchev–Trinajstić information content (AvgIpc) is 2.43. The van der Waals surface area contributed by atoms with Gasteiger partial charge in [0, 0.05) is 18.4 Å². The van der Waals surface area contributed by atoms with Crippen molar-refractivity contribution in [2.75, 3.05) is 11.4 Å². The normalized spacial score (nSPS) is 10.5. The van der Waals surface area contributed by atoms with Gasteiger partial charge in [-0.3, -0.25) is 0 Å². The number of hydrogen-bond acceptors (Lipinski definition) is 3. The summed E-state index contributed by atoms with van der Waals surface area (Å²) < 4.78 is 0. The Bertz CT molecular complexity index is 572. The van der Waals surface area contributed by atoms with Gasteiger partial charge in [-0.2, -0.15) is 0 Å². The van der Waals surface area contributed by atoms with Crippen LogP contribution in [0.4, 0.5) is 11.5 Å². The van der Waals surface area contributed by atoms with E-state index < -0.39 is 0 Å². The van der Waals surface area contributed by atoms with E-state index in [0.717, 1.165) is 23.6 Å². The fraction of sp³-hybridized carbons (Fsp3) is 0.267. The van der Waals surface area contributed by atoms with Crippen molar-refractivity contribution in [3.8, 4) is 0 Å². The molecule has 0 saturated carbocycles. The fourth-order valence-corrected chi connectivity index (χ4v) is 2.35. The van der Waals surface area contributed by atoms with Crippen molar-refractivity contribution in [1.82, 2.24) is 4.98 Å². The van der Waals surface area contributed by atoms with Crippen molar-refractivity contribution >= 4 is 23.1 Å². The summed E-state index contributed by atoms with van der Waals surface area (Å²) in [5.41, 5.74) is 2.99. The summed E-state index contributed by atoms with van der Waals surface area (Å²) in [4.78, 5) is 6.44. The first-order valence-electron chi connectivity index (χ1n) is 6.25. The molecule has 0 atom stereocenters. The molecule has 0 aliphatic heterocycles. The summed E-state index contributed by atoms with van der Waals surface area (Å²) in [6.45, 7) is 4.85. The Morgan fingerprint density at radius 3 is 2.63 bits per heavy atom. The smallest absolute Gasteiger partial charge is 0.151 e. The topological polar surface area (TPSA) is 36.4 Å². The van der Waals surface area contributed by atoms with Gasteiger partial charge in [0.1, 0.15) is 0 Å². The standard InChI is InChI=1S/C15H17ClN2O/c1-3-18(14-7-5-4-6-11(14)2)15-13(16)8-12(10-19)9-17-15/h4-9,19H,3,10H2,1-2H3. The Kier molecular flexibility index (Phi) is 4.40. The fourth-order valence-electron chi connectivity index (χ4n) is 2.06. The van der Waals surface area contributed by atoms with E-state index >= 15 is 0 Å². The first-order chi connectivity index (χ1) is 9.17. The monoisotopic (exact) mass is 276 g/mol. The van der Waals surface area contributed by atoms with Gasteiger partial charge < -0.3 is 10.0 Å². The SMILES string of the molecule is CCN(c1ccccc1C)c1ncc(CO)cc1Cl. The maximum atomic E-state index is 9.10. The van der Waals surface area contributed by atoms with Gasteiger partial charge in [-0.15, -0.1) is 0 Å². The lowest BCUT2D eigenvalue weighted by atomic mass is 10.1. The Morgan fingerprint density at radius 2 is 2.05 bits per heavy atom. The lowest BCUT2D eigenvalue weighted by Gasteiger charge is -2.25. The summed E-state index contributed by atoms with van der Waals surface area (Å²) in [6, 6.07) is 9.88. The van der Waals surface area contributed by atoms with Crippen LogP contribution in [0.25, 0.3) is 0 Å². The third-order valence-electron chi connectivity index (χ3n) is 3.04. The molecule has 100 valence electrons. The van der Waals surface area contributed by atoms with E-state index in [0.29, 0.717) is 5.02 Å². The number of nitrogens with zero attached hydrogens (tertiary/aromatic N) is 2. The number of aryl methyl sites for hydroxylation is 1. The molecule has 1 aromatic heterocycles. The van der Waals surface area contributed by atoms with Crippen LogP contribution in [0, 0.1) is 6.92 Å². The average molecular weight is 277 g/mol. The summed E-state index contributed by atoms with van der Waals surface area (Å²) in [5.74, 6) is 0.718.